The molecule has 0 unspecified atom stereocenters. The van der Waals surface area contributed by atoms with E-state index in [4.69, 9.17) is 0 Å². The van der Waals surface area contributed by atoms with E-state index in [0.717, 1.165) is 23.1 Å². The van der Waals surface area contributed by atoms with Crippen LogP contribution in [0.5, 0.6) is 0 Å². The zero-order chi connectivity index (χ0) is 9.84. The van der Waals surface area contributed by atoms with Crippen LogP contribution in [0.2, 0.25) is 0 Å². The summed E-state index contributed by atoms with van der Waals surface area (Å²) < 4.78 is 0. The molecule has 0 atom stereocenters. The van der Waals surface area contributed by atoms with Crippen molar-refractivity contribution < 1.29 is 0 Å². The molecule has 1 rings (SSSR count). The summed E-state index contributed by atoms with van der Waals surface area (Å²) in [6, 6.07) is 7.20. The van der Waals surface area contributed by atoms with Crippen molar-refractivity contribution in [3.8, 4) is 0 Å². The normalized spacial score (nSPS) is 9.69. The van der Waals surface area contributed by atoms with Gasteiger partial charge in [0, 0.05) is 0 Å². The van der Waals surface area contributed by atoms with Gasteiger partial charge in [-0.1, -0.05) is 25.6 Å². The number of hydrogen-bond donors (Lipinski definition) is 0. The smallest absolute Gasteiger partial charge is 0.181 e. The fourth-order valence-corrected chi connectivity index (χ4v) is 1.15. The van der Waals surface area contributed by atoms with Crippen LogP contribution in [0.3, 0.4) is 0 Å². The number of aryl methyl sites for hydroxylation is 1. The maximum Gasteiger partial charge on any atom is 0.181 e. The summed E-state index contributed by atoms with van der Waals surface area (Å²) in [6.45, 7) is 7.83. The van der Waals surface area contributed by atoms with Gasteiger partial charge in [0.25, 0.3) is 0 Å². The molecule has 68 valence electrons. The van der Waals surface area contributed by atoms with Crippen LogP contribution in [0.15, 0.2) is 35.6 Å². The van der Waals surface area contributed by atoms with Gasteiger partial charge >= 0.3 is 0 Å². The Morgan fingerprint density at radius 3 is 2.77 bits per heavy atom. The van der Waals surface area contributed by atoms with Gasteiger partial charge in [0.15, 0.2) is 5.43 Å². The third kappa shape index (κ3) is 2.28. The molecule has 0 saturated carbocycles. The number of allylic oxidation sites excluding steroid dienone is 1. The van der Waals surface area contributed by atoms with Gasteiger partial charge in [-0.05, 0) is 42.2 Å². The van der Waals surface area contributed by atoms with Crippen molar-refractivity contribution in [1.82, 2.24) is 0 Å². The Kier molecular flexibility index (Phi) is 3.02. The summed E-state index contributed by atoms with van der Waals surface area (Å²) in [5.41, 5.74) is 2.98. The molecule has 0 fully saturated rings. The van der Waals surface area contributed by atoms with E-state index in [1.54, 1.807) is 12.1 Å². The molecule has 0 aliphatic carbocycles. The minimum atomic E-state index is 0.0788. The van der Waals surface area contributed by atoms with Crippen molar-refractivity contribution in [2.75, 3.05) is 0 Å². The van der Waals surface area contributed by atoms with Crippen LogP contribution in [-0.2, 0) is 0 Å². The standard InChI is InChI=1S/C12H14O/c1-4-9(2)11-6-5-7-12(13)10(3)8-11/h5-8H,2,4H2,1,3H3. The van der Waals surface area contributed by atoms with Crippen molar-refractivity contribution >= 4 is 5.57 Å². The summed E-state index contributed by atoms with van der Waals surface area (Å²) in [6.07, 6.45) is 0.914. The highest BCUT2D eigenvalue weighted by Gasteiger charge is 1.96. The molecule has 0 spiro atoms. The molecule has 0 N–H and O–H groups in total. The van der Waals surface area contributed by atoms with E-state index in [-0.39, 0.29) is 5.43 Å². The maximum atomic E-state index is 11.3. The Hall–Kier alpha value is -1.37. The quantitative estimate of drug-likeness (QED) is 0.673. The minimum Gasteiger partial charge on any atom is -0.290 e. The minimum absolute atomic E-state index is 0.0788. The van der Waals surface area contributed by atoms with Crippen LogP contribution in [0.25, 0.3) is 5.57 Å². The van der Waals surface area contributed by atoms with Crippen LogP contribution >= 0.6 is 0 Å². The van der Waals surface area contributed by atoms with Gasteiger partial charge in [-0.2, -0.15) is 0 Å². The fourth-order valence-electron chi connectivity index (χ4n) is 1.15. The highest BCUT2D eigenvalue weighted by atomic mass is 16.1. The van der Waals surface area contributed by atoms with Crippen molar-refractivity contribution in [1.29, 1.82) is 0 Å². The van der Waals surface area contributed by atoms with E-state index < -0.39 is 0 Å². The molecule has 1 nitrogen and oxygen atoms in total. The first-order valence-electron chi connectivity index (χ1n) is 4.44. The summed E-state index contributed by atoms with van der Waals surface area (Å²) in [5, 5.41) is 0. The van der Waals surface area contributed by atoms with E-state index in [0.29, 0.717) is 0 Å². The average Bonchev–Trinajstić information content (AvgIpc) is 2.28. The summed E-state index contributed by atoms with van der Waals surface area (Å²) >= 11 is 0. The maximum absolute atomic E-state index is 11.3. The first-order valence-corrected chi connectivity index (χ1v) is 4.44. The Morgan fingerprint density at radius 2 is 2.15 bits per heavy atom. The Labute approximate surface area is 78.7 Å². The number of hydrogen-bond acceptors (Lipinski definition) is 1. The van der Waals surface area contributed by atoms with Crippen LogP contribution < -0.4 is 5.43 Å². The lowest BCUT2D eigenvalue weighted by molar-refractivity contribution is 1.24. The highest BCUT2D eigenvalue weighted by molar-refractivity contribution is 5.62. The van der Waals surface area contributed by atoms with Gasteiger partial charge in [-0.3, -0.25) is 4.79 Å². The van der Waals surface area contributed by atoms with Crippen LogP contribution in [0.4, 0.5) is 0 Å². The SMILES string of the molecule is C=C(CC)c1cccc(=O)c(C)c1. The molecule has 1 heteroatoms. The Morgan fingerprint density at radius 1 is 1.46 bits per heavy atom. The zero-order valence-electron chi connectivity index (χ0n) is 8.13. The van der Waals surface area contributed by atoms with Crippen molar-refractivity contribution in [2.24, 2.45) is 0 Å². The molecule has 0 saturated heterocycles. The monoisotopic (exact) mass is 174 g/mol. The zero-order valence-corrected chi connectivity index (χ0v) is 8.13. The third-order valence-electron chi connectivity index (χ3n) is 2.12. The fraction of sp³-hybridized carbons (Fsp3) is 0.250. The lowest BCUT2D eigenvalue weighted by Crippen LogP contribution is -1.97. The van der Waals surface area contributed by atoms with Crippen LogP contribution in [0, 0.1) is 6.92 Å². The first kappa shape index (κ1) is 9.72. The van der Waals surface area contributed by atoms with Crippen molar-refractivity contribution in [2.45, 2.75) is 20.3 Å². The molecule has 0 radical (unpaired) electrons. The predicted octanol–water partition coefficient (Wildman–Crippen LogP) is 2.78. The summed E-state index contributed by atoms with van der Waals surface area (Å²) in [4.78, 5) is 11.3. The van der Waals surface area contributed by atoms with Gasteiger partial charge in [0.05, 0.1) is 0 Å². The Bertz CT molecular complexity index is 377. The predicted molar refractivity (Wildman–Crippen MR) is 56.8 cm³/mol. The van der Waals surface area contributed by atoms with E-state index >= 15 is 0 Å². The molecule has 13 heavy (non-hydrogen) atoms. The molecule has 0 bridgehead atoms. The molecule has 0 heterocycles. The van der Waals surface area contributed by atoms with Crippen molar-refractivity contribution in [3.63, 3.8) is 0 Å². The first-order chi connectivity index (χ1) is 6.15. The topological polar surface area (TPSA) is 17.1 Å². The molecule has 0 amide bonds. The second kappa shape index (κ2) is 4.04. The van der Waals surface area contributed by atoms with Gasteiger partial charge in [0.1, 0.15) is 0 Å². The van der Waals surface area contributed by atoms with E-state index in [9.17, 15) is 4.79 Å². The molecule has 0 aliphatic rings. The molecule has 1 aromatic rings. The van der Waals surface area contributed by atoms with Crippen molar-refractivity contribution in [3.05, 3.63) is 52.2 Å². The van der Waals surface area contributed by atoms with E-state index in [1.165, 1.54) is 0 Å². The summed E-state index contributed by atoms with van der Waals surface area (Å²) in [5.74, 6) is 0. The summed E-state index contributed by atoms with van der Waals surface area (Å²) in [7, 11) is 0. The molecular formula is C12H14O. The second-order valence-corrected chi connectivity index (χ2v) is 3.13. The van der Waals surface area contributed by atoms with E-state index in [2.05, 4.69) is 13.5 Å². The Balaban J connectivity index is 3.29. The van der Waals surface area contributed by atoms with Crippen LogP contribution in [0.1, 0.15) is 24.5 Å². The third-order valence-corrected chi connectivity index (χ3v) is 2.12. The average molecular weight is 174 g/mol. The second-order valence-electron chi connectivity index (χ2n) is 3.13. The molecule has 0 aliphatic heterocycles. The van der Waals surface area contributed by atoms with Gasteiger partial charge < -0.3 is 0 Å². The highest BCUT2D eigenvalue weighted by Crippen LogP contribution is 2.14. The molecule has 0 aromatic heterocycles. The lowest BCUT2D eigenvalue weighted by Gasteiger charge is -1.98. The van der Waals surface area contributed by atoms with Gasteiger partial charge in [-0.15, -0.1) is 0 Å². The van der Waals surface area contributed by atoms with E-state index in [1.807, 2.05) is 19.1 Å². The van der Waals surface area contributed by atoms with Gasteiger partial charge in [0.2, 0.25) is 0 Å². The largest absolute Gasteiger partial charge is 0.290 e. The molecule has 1 aromatic carbocycles. The van der Waals surface area contributed by atoms with Gasteiger partial charge in [-0.25, -0.2) is 0 Å². The molecular weight excluding hydrogens is 160 g/mol. The lowest BCUT2D eigenvalue weighted by atomic mass is 10.1. The van der Waals surface area contributed by atoms with Crippen LogP contribution in [-0.4, -0.2) is 0 Å². The number of rotatable bonds is 2.